The summed E-state index contributed by atoms with van der Waals surface area (Å²) >= 11 is 6.00. The summed E-state index contributed by atoms with van der Waals surface area (Å²) in [5, 5.41) is 0. The second-order valence-electron chi connectivity index (χ2n) is 0. The van der Waals surface area contributed by atoms with Gasteiger partial charge in [0.25, 0.3) is 0 Å². The van der Waals surface area contributed by atoms with Crippen molar-refractivity contribution >= 4 is 14.2 Å². The summed E-state index contributed by atoms with van der Waals surface area (Å²) < 4.78 is 0. The molecule has 0 spiro atoms. The van der Waals surface area contributed by atoms with E-state index in [0.717, 1.165) is 0 Å². The Morgan fingerprint density at radius 3 is 0.556 bits per heavy atom. The van der Waals surface area contributed by atoms with Crippen LogP contribution < -0.4 is 64.7 Å². The minimum atomic E-state index is 0. The van der Waals surface area contributed by atoms with Crippen LogP contribution in [0.3, 0.4) is 0 Å². The van der Waals surface area contributed by atoms with Crippen molar-refractivity contribution in [3.8, 4) is 0 Å². The van der Waals surface area contributed by atoms with Gasteiger partial charge in [-0.05, 0) is 0 Å². The maximum absolute atomic E-state index is 3.38. The molecule has 0 fully saturated rings. The quantitative estimate of drug-likeness (QED) is 0.283. The molecule has 0 amide bonds. The van der Waals surface area contributed by atoms with Gasteiger partial charge >= 0.3 is 28.1 Å². The number of rotatable bonds is 0. The molecular formula is H15Br3CoN5. The number of hydrogen-bond donors (Lipinski definition) is 5. The molecule has 0 saturated heterocycles. The van der Waals surface area contributed by atoms with E-state index >= 15 is 0 Å². The average molecular weight is 384 g/mol. The molecule has 0 heterocycles. The van der Waals surface area contributed by atoms with Crippen LogP contribution in [0.2, 0.25) is 0 Å². The first-order valence-electron chi connectivity index (χ1n) is 0.126. The fourth-order valence-electron chi connectivity index (χ4n) is 0. The van der Waals surface area contributed by atoms with Crippen LogP contribution >= 0.6 is 14.2 Å². The van der Waals surface area contributed by atoms with Gasteiger partial charge in [0.2, 0.25) is 0 Å². The van der Waals surface area contributed by atoms with Crippen molar-refractivity contribution in [1.29, 1.82) is 0 Å². The van der Waals surface area contributed by atoms with Gasteiger partial charge in [-0.2, -0.15) is 0 Å². The average Bonchev–Trinajstić information content (AvgIpc) is 1.00. The third-order valence-electron chi connectivity index (χ3n) is 0. The Kier molecular flexibility index (Phi) is 3680. The van der Waals surface area contributed by atoms with E-state index in [1.165, 1.54) is 0 Å². The van der Waals surface area contributed by atoms with E-state index in [1.54, 1.807) is 0 Å². The summed E-state index contributed by atoms with van der Waals surface area (Å²) in [6.07, 6.45) is 0. The Bertz CT molecular complexity index is 12.2. The molecular weight excluding hydrogens is 369 g/mol. The van der Waals surface area contributed by atoms with E-state index in [-0.39, 0.29) is 64.7 Å². The van der Waals surface area contributed by atoms with Crippen molar-refractivity contribution in [1.82, 2.24) is 30.8 Å². The predicted octanol–water partition coefficient (Wildman–Crippen LogP) is -4.34. The van der Waals surface area contributed by atoms with Crippen LogP contribution in [0.4, 0.5) is 0 Å². The molecule has 0 aromatic carbocycles. The molecule has 0 aliphatic rings. The first kappa shape index (κ1) is 135. The Labute approximate surface area is 92.3 Å². The van der Waals surface area contributed by atoms with E-state index in [2.05, 4.69) is 28.1 Å². The fraction of sp³-hybridized carbons (Fsp3) is 0. The van der Waals surface area contributed by atoms with Gasteiger partial charge < -0.3 is 64.7 Å². The molecule has 70 valence electrons. The standard InChI is InChI=1S/3BrH.Co.5H3N/h3*1H;;5*1H3/q;;;+3;;;;;/p-3. The number of halogens is 3. The summed E-state index contributed by atoms with van der Waals surface area (Å²) in [7, 11) is 0. The summed E-state index contributed by atoms with van der Waals surface area (Å²) in [6, 6.07) is 0. The zero-order valence-corrected chi connectivity index (χ0v) is 10.8. The fourth-order valence-corrected chi connectivity index (χ4v) is 0. The molecule has 0 aliphatic carbocycles. The van der Waals surface area contributed by atoms with Crippen molar-refractivity contribution in [3.63, 3.8) is 0 Å². The first-order chi connectivity index (χ1) is 1.00. The summed E-state index contributed by atoms with van der Waals surface area (Å²) in [4.78, 5) is 0. The zero-order valence-electron chi connectivity index (χ0n) is 5.00. The van der Waals surface area contributed by atoms with Crippen molar-refractivity contribution in [2.45, 2.75) is 0 Å². The van der Waals surface area contributed by atoms with Gasteiger partial charge in [-0.25, -0.2) is 0 Å². The monoisotopic (exact) mass is 381 g/mol. The first-order valence-corrected chi connectivity index (χ1v) is 2.70. The molecule has 0 rings (SSSR count). The minimum absolute atomic E-state index is 0. The molecule has 5 nitrogen and oxygen atoms in total. The number of hydrogen-bond acceptors (Lipinski definition) is 5. The second kappa shape index (κ2) is 244. The molecule has 9 heteroatoms. The predicted molar refractivity (Wildman–Crippen MR) is 34.0 cm³/mol. The SMILES string of the molecule is N.N.N.N.N.[Br-].[Br-].[Co+2][Br]. The molecule has 0 aromatic rings. The Hall–Kier alpha value is 1.75. The van der Waals surface area contributed by atoms with Crippen molar-refractivity contribution < 1.29 is 47.9 Å². The molecule has 0 bridgehead atoms. The third kappa shape index (κ3) is 192. The molecule has 0 atom stereocenters. The van der Waals surface area contributed by atoms with Crippen LogP contribution in [0.25, 0.3) is 0 Å². The molecule has 0 aromatic heterocycles. The van der Waals surface area contributed by atoms with Crippen molar-refractivity contribution in [2.75, 3.05) is 0 Å². The van der Waals surface area contributed by atoms with E-state index in [9.17, 15) is 0 Å². The Balaban J connectivity index is -0.000000000238. The van der Waals surface area contributed by atoms with Gasteiger partial charge in [-0.15, -0.1) is 0 Å². The van der Waals surface area contributed by atoms with Crippen LogP contribution in [0, 0.1) is 0 Å². The summed E-state index contributed by atoms with van der Waals surface area (Å²) in [6.45, 7) is 0. The Morgan fingerprint density at radius 1 is 0.556 bits per heavy atom. The van der Waals surface area contributed by atoms with Crippen LogP contribution in [-0.4, -0.2) is 0 Å². The van der Waals surface area contributed by atoms with Gasteiger partial charge in [0.05, 0.1) is 0 Å². The third-order valence-corrected chi connectivity index (χ3v) is 0. The summed E-state index contributed by atoms with van der Waals surface area (Å²) in [5.41, 5.74) is 0. The summed E-state index contributed by atoms with van der Waals surface area (Å²) in [5.74, 6) is 0. The van der Waals surface area contributed by atoms with Crippen LogP contribution in [-0.2, 0) is 13.9 Å². The van der Waals surface area contributed by atoms with Gasteiger partial charge in [-0.1, -0.05) is 0 Å². The van der Waals surface area contributed by atoms with E-state index in [0.29, 0.717) is 0 Å². The molecule has 9 heavy (non-hydrogen) atoms. The van der Waals surface area contributed by atoms with Crippen LogP contribution in [0.1, 0.15) is 0 Å². The zero-order chi connectivity index (χ0) is 2.00. The molecule has 0 aliphatic heterocycles. The van der Waals surface area contributed by atoms with Gasteiger partial charge in [0.1, 0.15) is 0 Å². The van der Waals surface area contributed by atoms with E-state index in [1.807, 2.05) is 0 Å². The topological polar surface area (TPSA) is 175 Å². The maximum atomic E-state index is 3.38. The second-order valence-corrected chi connectivity index (χ2v) is 0. The van der Waals surface area contributed by atoms with Crippen molar-refractivity contribution in [3.05, 3.63) is 0 Å². The normalized spacial score (nSPS) is 0.667. The molecule has 15 N–H and O–H groups in total. The van der Waals surface area contributed by atoms with Crippen molar-refractivity contribution in [2.24, 2.45) is 0 Å². The Morgan fingerprint density at radius 2 is 0.556 bits per heavy atom. The van der Waals surface area contributed by atoms with E-state index < -0.39 is 0 Å². The van der Waals surface area contributed by atoms with Gasteiger partial charge in [-0.3, -0.25) is 0 Å². The molecule has 0 radical (unpaired) electrons. The molecule has 0 unspecified atom stereocenters. The van der Waals surface area contributed by atoms with E-state index in [4.69, 9.17) is 0 Å². The van der Waals surface area contributed by atoms with Crippen LogP contribution in [0.5, 0.6) is 0 Å². The van der Waals surface area contributed by atoms with Gasteiger partial charge in [0, 0.05) is 0 Å². The van der Waals surface area contributed by atoms with Gasteiger partial charge in [0.15, 0.2) is 0 Å². The molecule has 0 saturated carbocycles. The van der Waals surface area contributed by atoms with Crippen LogP contribution in [0.15, 0.2) is 0 Å².